The van der Waals surface area contributed by atoms with Crippen molar-refractivity contribution in [3.63, 3.8) is 0 Å². The monoisotopic (exact) mass is 451 g/mol. The smallest absolute Gasteiger partial charge is 0.277 e. The Morgan fingerprint density at radius 3 is 2.68 bits per heavy atom. The number of amides is 1. The maximum absolute atomic E-state index is 11.9. The van der Waals surface area contributed by atoms with Crippen LogP contribution in [0.4, 0.5) is 5.69 Å². The van der Waals surface area contributed by atoms with Crippen molar-refractivity contribution < 1.29 is 24.3 Å². The molecule has 2 N–H and O–H groups in total. The molecule has 0 aliphatic heterocycles. The number of benzene rings is 2. The molecule has 0 heterocycles. The van der Waals surface area contributed by atoms with Gasteiger partial charge in [-0.2, -0.15) is 5.10 Å². The third-order valence-corrected chi connectivity index (χ3v) is 4.22. The molecule has 0 aromatic heterocycles. The van der Waals surface area contributed by atoms with Gasteiger partial charge in [0.1, 0.15) is 5.75 Å². The van der Waals surface area contributed by atoms with E-state index in [1.807, 2.05) is 26.0 Å². The van der Waals surface area contributed by atoms with Gasteiger partial charge < -0.3 is 14.6 Å². The predicted molar refractivity (Wildman–Crippen MR) is 106 cm³/mol. The van der Waals surface area contributed by atoms with Gasteiger partial charge in [-0.1, -0.05) is 6.07 Å². The summed E-state index contributed by atoms with van der Waals surface area (Å²) in [6.07, 6.45) is 1.08. The minimum absolute atomic E-state index is 0.0180. The molecule has 0 aliphatic carbocycles. The van der Waals surface area contributed by atoms with E-state index in [1.165, 1.54) is 7.11 Å². The summed E-state index contributed by atoms with van der Waals surface area (Å²) in [5.74, 6) is -0.405. The van der Waals surface area contributed by atoms with Gasteiger partial charge in [-0.05, 0) is 47.0 Å². The van der Waals surface area contributed by atoms with Gasteiger partial charge in [0, 0.05) is 11.6 Å². The lowest BCUT2D eigenvalue weighted by atomic mass is 10.1. The highest BCUT2D eigenvalue weighted by Crippen LogP contribution is 2.33. The molecule has 0 spiro atoms. The Balaban J connectivity index is 2.04. The number of phenolic OH excluding ortho intramolecular Hbond substituents is 1. The van der Waals surface area contributed by atoms with Crippen molar-refractivity contribution in [1.29, 1.82) is 0 Å². The van der Waals surface area contributed by atoms with Crippen LogP contribution < -0.4 is 14.9 Å². The standard InChI is InChI=1S/C18H18BrN3O6/c1-10-4-11(2)18(14(19)5-10)28-9-16(23)21-20-8-12-6-13(22(25)26)7-15(27-3)17(12)24/h4-8,24H,9H2,1-3H3,(H,21,23). The van der Waals surface area contributed by atoms with E-state index >= 15 is 0 Å². The van der Waals surface area contributed by atoms with Crippen molar-refractivity contribution in [2.24, 2.45) is 5.10 Å². The fourth-order valence-electron chi connectivity index (χ4n) is 2.40. The first kappa shape index (κ1) is 21.2. The van der Waals surface area contributed by atoms with Crippen molar-refractivity contribution in [2.45, 2.75) is 13.8 Å². The van der Waals surface area contributed by atoms with Gasteiger partial charge in [0.25, 0.3) is 11.6 Å². The third kappa shape index (κ3) is 5.19. The first-order chi connectivity index (χ1) is 13.2. The summed E-state index contributed by atoms with van der Waals surface area (Å²) in [4.78, 5) is 22.2. The van der Waals surface area contributed by atoms with Gasteiger partial charge in [-0.3, -0.25) is 14.9 Å². The second-order valence-electron chi connectivity index (χ2n) is 5.82. The van der Waals surface area contributed by atoms with Gasteiger partial charge in [-0.25, -0.2) is 5.43 Å². The minimum Gasteiger partial charge on any atom is -0.504 e. The highest BCUT2D eigenvalue weighted by atomic mass is 79.9. The van der Waals surface area contributed by atoms with Gasteiger partial charge >= 0.3 is 0 Å². The molecule has 0 unspecified atom stereocenters. The Bertz CT molecular complexity index is 922. The molecule has 0 bridgehead atoms. The molecule has 1 amide bonds. The van der Waals surface area contributed by atoms with E-state index in [9.17, 15) is 20.0 Å². The van der Waals surface area contributed by atoms with Crippen molar-refractivity contribution in [3.8, 4) is 17.2 Å². The van der Waals surface area contributed by atoms with Crippen LogP contribution in [0.5, 0.6) is 17.2 Å². The second-order valence-corrected chi connectivity index (χ2v) is 6.67. The summed E-state index contributed by atoms with van der Waals surface area (Å²) in [5.41, 5.74) is 3.89. The van der Waals surface area contributed by atoms with Crippen molar-refractivity contribution in [3.05, 3.63) is 55.5 Å². The fourth-order valence-corrected chi connectivity index (χ4v) is 3.19. The van der Waals surface area contributed by atoms with Gasteiger partial charge in [0.2, 0.25) is 0 Å². The summed E-state index contributed by atoms with van der Waals surface area (Å²) in [6, 6.07) is 5.99. The molecule has 2 aromatic carbocycles. The van der Waals surface area contributed by atoms with Crippen LogP contribution in [0.2, 0.25) is 0 Å². The van der Waals surface area contributed by atoms with Crippen LogP contribution in [-0.4, -0.2) is 35.9 Å². The number of nitro benzene ring substituents is 1. The predicted octanol–water partition coefficient (Wildman–Crippen LogP) is 3.22. The van der Waals surface area contributed by atoms with Gasteiger partial charge in [-0.15, -0.1) is 0 Å². The maximum Gasteiger partial charge on any atom is 0.277 e. The van der Waals surface area contributed by atoms with E-state index < -0.39 is 10.8 Å². The highest BCUT2D eigenvalue weighted by molar-refractivity contribution is 9.10. The molecule has 0 saturated heterocycles. The zero-order valence-electron chi connectivity index (χ0n) is 15.4. The molecule has 0 radical (unpaired) electrons. The van der Waals surface area contributed by atoms with E-state index in [1.54, 1.807) is 0 Å². The Morgan fingerprint density at radius 1 is 1.36 bits per heavy atom. The Hall–Kier alpha value is -3.14. The number of phenols is 1. The van der Waals surface area contributed by atoms with E-state index in [4.69, 9.17) is 9.47 Å². The first-order valence-corrected chi connectivity index (χ1v) is 8.79. The summed E-state index contributed by atoms with van der Waals surface area (Å²) < 4.78 is 11.1. The topological polar surface area (TPSA) is 123 Å². The molecule has 9 nitrogen and oxygen atoms in total. The van der Waals surface area contributed by atoms with Crippen LogP contribution in [0.1, 0.15) is 16.7 Å². The Labute approximate surface area is 169 Å². The van der Waals surface area contributed by atoms with Crippen LogP contribution in [0.3, 0.4) is 0 Å². The maximum atomic E-state index is 11.9. The number of nitro groups is 1. The number of hydrazone groups is 1. The molecule has 2 aromatic rings. The van der Waals surface area contributed by atoms with Crippen LogP contribution in [-0.2, 0) is 4.79 Å². The number of hydrogen-bond acceptors (Lipinski definition) is 7. The second kappa shape index (κ2) is 9.18. The number of halogens is 1. The van der Waals surface area contributed by atoms with Crippen LogP contribution in [0.15, 0.2) is 33.8 Å². The normalized spacial score (nSPS) is 10.7. The van der Waals surface area contributed by atoms with E-state index in [2.05, 4.69) is 26.5 Å². The number of methoxy groups -OCH3 is 1. The van der Waals surface area contributed by atoms with Crippen molar-refractivity contribution in [1.82, 2.24) is 5.43 Å². The first-order valence-electron chi connectivity index (χ1n) is 7.99. The summed E-state index contributed by atoms with van der Waals surface area (Å²) in [6.45, 7) is 3.52. The number of hydrogen-bond donors (Lipinski definition) is 2. The summed E-state index contributed by atoms with van der Waals surface area (Å²) in [7, 11) is 1.27. The molecule has 0 fully saturated rings. The number of rotatable bonds is 7. The lowest BCUT2D eigenvalue weighted by Gasteiger charge is -2.11. The Morgan fingerprint density at radius 2 is 2.07 bits per heavy atom. The zero-order chi connectivity index (χ0) is 20.8. The molecular formula is C18H18BrN3O6. The molecule has 28 heavy (non-hydrogen) atoms. The lowest BCUT2D eigenvalue weighted by molar-refractivity contribution is -0.385. The molecular weight excluding hydrogens is 434 g/mol. The summed E-state index contributed by atoms with van der Waals surface area (Å²) >= 11 is 3.39. The van der Waals surface area contributed by atoms with Gasteiger partial charge in [0.05, 0.1) is 28.8 Å². The number of nitrogens with one attached hydrogen (secondary N) is 1. The molecule has 0 atom stereocenters. The third-order valence-electron chi connectivity index (χ3n) is 3.63. The number of aromatic hydroxyl groups is 1. The van der Waals surface area contributed by atoms with E-state index in [0.29, 0.717) is 5.75 Å². The fraction of sp³-hybridized carbons (Fsp3) is 0.222. The lowest BCUT2D eigenvalue weighted by Crippen LogP contribution is -2.24. The SMILES string of the molecule is COc1cc([N+](=O)[O-])cc(C=NNC(=O)COc2c(C)cc(C)cc2Br)c1O. The van der Waals surface area contributed by atoms with E-state index in [0.717, 1.165) is 33.9 Å². The number of nitrogens with zero attached hydrogens (tertiary/aromatic N) is 2. The largest absolute Gasteiger partial charge is 0.504 e. The Kier molecular flexibility index (Phi) is 6.94. The average molecular weight is 452 g/mol. The quantitative estimate of drug-likeness (QED) is 0.378. The van der Waals surface area contributed by atoms with Gasteiger partial charge in [0.15, 0.2) is 18.1 Å². The van der Waals surface area contributed by atoms with E-state index in [-0.39, 0.29) is 29.4 Å². The molecule has 10 heteroatoms. The molecule has 148 valence electrons. The minimum atomic E-state index is -0.631. The molecule has 2 rings (SSSR count). The average Bonchev–Trinajstić information content (AvgIpc) is 2.61. The van der Waals surface area contributed by atoms with Crippen LogP contribution >= 0.6 is 15.9 Å². The van der Waals surface area contributed by atoms with Crippen LogP contribution in [0.25, 0.3) is 0 Å². The van der Waals surface area contributed by atoms with Crippen LogP contribution in [0, 0.1) is 24.0 Å². The number of carbonyl (C=O) groups is 1. The summed E-state index contributed by atoms with van der Waals surface area (Å²) in [5, 5.41) is 24.7. The number of non-ortho nitro benzene ring substituents is 1. The van der Waals surface area contributed by atoms with Crippen molar-refractivity contribution in [2.75, 3.05) is 13.7 Å². The number of ether oxygens (including phenoxy) is 2. The number of carbonyl (C=O) groups excluding carboxylic acids is 1. The highest BCUT2D eigenvalue weighted by Gasteiger charge is 2.16. The number of aryl methyl sites for hydroxylation is 2. The van der Waals surface area contributed by atoms with Crippen molar-refractivity contribution >= 4 is 33.7 Å². The molecule has 0 saturated carbocycles. The molecule has 0 aliphatic rings. The zero-order valence-corrected chi connectivity index (χ0v) is 16.9.